The molecule has 1 atom stereocenters. The van der Waals surface area contributed by atoms with Gasteiger partial charge >= 0.3 is 0 Å². The van der Waals surface area contributed by atoms with Crippen molar-refractivity contribution in [1.82, 2.24) is 19.5 Å². The highest BCUT2D eigenvalue weighted by Gasteiger charge is 2.33. The Morgan fingerprint density at radius 2 is 2.09 bits per heavy atom. The summed E-state index contributed by atoms with van der Waals surface area (Å²) in [5.41, 5.74) is 2.66. The zero-order chi connectivity index (χ0) is 15.8. The highest BCUT2D eigenvalue weighted by Crippen LogP contribution is 2.32. The average Bonchev–Trinajstić information content (AvgIpc) is 3.20. The first-order valence-electron chi connectivity index (χ1n) is 7.91. The number of hydrogen-bond acceptors (Lipinski definition) is 3. The molecule has 0 unspecified atom stereocenters. The molecule has 3 aromatic rings. The van der Waals surface area contributed by atoms with Crippen LogP contribution in [0.5, 0.6) is 0 Å². The van der Waals surface area contributed by atoms with E-state index in [-0.39, 0.29) is 11.9 Å². The molecule has 1 aliphatic rings. The zero-order valence-corrected chi connectivity index (χ0v) is 13.0. The van der Waals surface area contributed by atoms with Gasteiger partial charge in [-0.3, -0.25) is 9.20 Å². The van der Waals surface area contributed by atoms with E-state index in [9.17, 15) is 4.79 Å². The van der Waals surface area contributed by atoms with Crippen molar-refractivity contribution in [3.05, 3.63) is 65.6 Å². The molecular formula is C18H18N4O. The fraction of sp³-hybridized carbons (Fsp3) is 0.278. The molecule has 0 saturated carbocycles. The summed E-state index contributed by atoms with van der Waals surface area (Å²) in [4.78, 5) is 14.8. The maximum Gasteiger partial charge on any atom is 0.254 e. The standard InChI is InChI=1S/C18H18N4O/c1-13-6-4-7-14(12-13)18(23)21-11-5-8-15(21)17-20-19-16-9-2-3-10-22(16)17/h2-4,6-7,9-10,12,15H,5,8,11H2,1H3/t15-/m0/s1. The predicted octanol–water partition coefficient (Wildman–Crippen LogP) is 3.02. The second-order valence-corrected chi connectivity index (χ2v) is 6.01. The van der Waals surface area contributed by atoms with Crippen molar-refractivity contribution in [2.45, 2.75) is 25.8 Å². The van der Waals surface area contributed by atoms with Crippen LogP contribution in [0.3, 0.4) is 0 Å². The lowest BCUT2D eigenvalue weighted by Gasteiger charge is -2.23. The van der Waals surface area contributed by atoms with Gasteiger partial charge in [0.05, 0.1) is 6.04 Å². The summed E-state index contributed by atoms with van der Waals surface area (Å²) in [6, 6.07) is 13.6. The van der Waals surface area contributed by atoms with E-state index >= 15 is 0 Å². The Hall–Kier alpha value is -2.69. The molecule has 0 bridgehead atoms. The fourth-order valence-electron chi connectivity index (χ4n) is 3.31. The molecule has 2 aromatic heterocycles. The SMILES string of the molecule is Cc1cccc(C(=O)N2CCC[C@H]2c2nnc3ccccn23)c1. The molecule has 1 amide bonds. The van der Waals surface area contributed by atoms with Crippen molar-refractivity contribution in [2.75, 3.05) is 6.54 Å². The van der Waals surface area contributed by atoms with Crippen LogP contribution < -0.4 is 0 Å². The number of carbonyl (C=O) groups is 1. The minimum Gasteiger partial charge on any atom is -0.328 e. The number of hydrogen-bond donors (Lipinski definition) is 0. The molecule has 0 radical (unpaired) electrons. The quantitative estimate of drug-likeness (QED) is 0.731. The molecule has 1 aliphatic heterocycles. The molecule has 3 heterocycles. The highest BCUT2D eigenvalue weighted by atomic mass is 16.2. The maximum absolute atomic E-state index is 12.9. The first-order chi connectivity index (χ1) is 11.2. The third kappa shape index (κ3) is 2.38. The molecule has 5 heteroatoms. The van der Waals surface area contributed by atoms with Crippen LogP contribution in [0.2, 0.25) is 0 Å². The summed E-state index contributed by atoms with van der Waals surface area (Å²) in [5.74, 6) is 0.919. The van der Waals surface area contributed by atoms with Crippen molar-refractivity contribution in [3.8, 4) is 0 Å². The maximum atomic E-state index is 12.9. The van der Waals surface area contributed by atoms with E-state index in [1.807, 2.05) is 64.9 Å². The first-order valence-corrected chi connectivity index (χ1v) is 7.91. The lowest BCUT2D eigenvalue weighted by atomic mass is 10.1. The monoisotopic (exact) mass is 306 g/mol. The molecule has 1 fully saturated rings. The van der Waals surface area contributed by atoms with Crippen LogP contribution >= 0.6 is 0 Å². The smallest absolute Gasteiger partial charge is 0.254 e. The summed E-state index contributed by atoms with van der Waals surface area (Å²) in [6.07, 6.45) is 3.87. The Kier molecular flexibility index (Phi) is 3.33. The highest BCUT2D eigenvalue weighted by molar-refractivity contribution is 5.94. The van der Waals surface area contributed by atoms with Gasteiger partial charge in [0.2, 0.25) is 0 Å². The summed E-state index contributed by atoms with van der Waals surface area (Å²) < 4.78 is 1.98. The van der Waals surface area contributed by atoms with Gasteiger partial charge in [-0.15, -0.1) is 10.2 Å². The number of nitrogens with zero attached hydrogens (tertiary/aromatic N) is 4. The summed E-state index contributed by atoms with van der Waals surface area (Å²) in [5, 5.41) is 8.56. The van der Waals surface area contributed by atoms with Gasteiger partial charge in [-0.25, -0.2) is 0 Å². The number of pyridine rings is 1. The molecule has 0 aliphatic carbocycles. The van der Waals surface area contributed by atoms with Gasteiger partial charge in [0.25, 0.3) is 5.91 Å². The van der Waals surface area contributed by atoms with Crippen LogP contribution in [0.1, 0.15) is 40.6 Å². The third-order valence-corrected chi connectivity index (χ3v) is 4.42. The Balaban J connectivity index is 1.70. The van der Waals surface area contributed by atoms with Gasteiger partial charge in [0.15, 0.2) is 11.5 Å². The van der Waals surface area contributed by atoms with Gasteiger partial charge in [0, 0.05) is 18.3 Å². The molecule has 0 N–H and O–H groups in total. The molecule has 0 spiro atoms. The van der Waals surface area contributed by atoms with E-state index in [4.69, 9.17) is 0 Å². The van der Waals surface area contributed by atoms with E-state index < -0.39 is 0 Å². The van der Waals surface area contributed by atoms with Crippen LogP contribution in [0, 0.1) is 6.92 Å². The number of carbonyl (C=O) groups excluding carboxylic acids is 1. The van der Waals surface area contributed by atoms with Gasteiger partial charge in [-0.05, 0) is 44.0 Å². The topological polar surface area (TPSA) is 50.5 Å². The van der Waals surface area contributed by atoms with E-state index in [1.165, 1.54) is 0 Å². The Labute approximate surface area is 134 Å². The average molecular weight is 306 g/mol. The van der Waals surface area contributed by atoms with E-state index in [2.05, 4.69) is 10.2 Å². The zero-order valence-electron chi connectivity index (χ0n) is 13.0. The van der Waals surface area contributed by atoms with Crippen LogP contribution in [0.15, 0.2) is 48.7 Å². The van der Waals surface area contributed by atoms with Crippen molar-refractivity contribution in [2.24, 2.45) is 0 Å². The summed E-state index contributed by atoms with van der Waals surface area (Å²) in [7, 11) is 0. The van der Waals surface area contributed by atoms with Gasteiger partial charge in [0.1, 0.15) is 0 Å². The molecule has 23 heavy (non-hydrogen) atoms. The number of aromatic nitrogens is 3. The van der Waals surface area contributed by atoms with E-state index in [0.29, 0.717) is 0 Å². The number of rotatable bonds is 2. The number of aryl methyl sites for hydroxylation is 1. The minimum atomic E-state index is -0.0135. The summed E-state index contributed by atoms with van der Waals surface area (Å²) in [6.45, 7) is 2.77. The molecule has 4 rings (SSSR count). The third-order valence-electron chi connectivity index (χ3n) is 4.42. The largest absolute Gasteiger partial charge is 0.328 e. The second-order valence-electron chi connectivity index (χ2n) is 6.01. The normalized spacial score (nSPS) is 17.8. The van der Waals surface area contributed by atoms with Crippen LogP contribution in [0.4, 0.5) is 0 Å². The molecule has 5 nitrogen and oxygen atoms in total. The number of benzene rings is 1. The second kappa shape index (κ2) is 5.50. The Morgan fingerprint density at radius 1 is 1.17 bits per heavy atom. The number of fused-ring (bicyclic) bond motifs is 1. The molecule has 116 valence electrons. The van der Waals surface area contributed by atoms with Crippen LogP contribution in [-0.4, -0.2) is 31.9 Å². The minimum absolute atomic E-state index is 0.0135. The van der Waals surface area contributed by atoms with E-state index in [0.717, 1.165) is 42.0 Å². The lowest BCUT2D eigenvalue weighted by molar-refractivity contribution is 0.0729. The molecule has 1 saturated heterocycles. The van der Waals surface area contributed by atoms with Crippen molar-refractivity contribution >= 4 is 11.6 Å². The number of amides is 1. The van der Waals surface area contributed by atoms with Crippen molar-refractivity contribution in [1.29, 1.82) is 0 Å². The van der Waals surface area contributed by atoms with Crippen LogP contribution in [-0.2, 0) is 0 Å². The Bertz CT molecular complexity index is 870. The van der Waals surface area contributed by atoms with Crippen molar-refractivity contribution < 1.29 is 4.79 Å². The summed E-state index contributed by atoms with van der Waals surface area (Å²) >= 11 is 0. The van der Waals surface area contributed by atoms with E-state index in [1.54, 1.807) is 0 Å². The lowest BCUT2D eigenvalue weighted by Crippen LogP contribution is -2.31. The van der Waals surface area contributed by atoms with Gasteiger partial charge < -0.3 is 4.90 Å². The number of likely N-dealkylation sites (tertiary alicyclic amines) is 1. The van der Waals surface area contributed by atoms with Crippen molar-refractivity contribution in [3.63, 3.8) is 0 Å². The Morgan fingerprint density at radius 3 is 2.96 bits per heavy atom. The van der Waals surface area contributed by atoms with Gasteiger partial charge in [-0.2, -0.15) is 0 Å². The molecular weight excluding hydrogens is 288 g/mol. The predicted molar refractivity (Wildman–Crippen MR) is 87.2 cm³/mol. The molecule has 1 aromatic carbocycles. The fourth-order valence-corrected chi connectivity index (χ4v) is 3.31. The first kappa shape index (κ1) is 13.9. The van der Waals surface area contributed by atoms with Crippen LogP contribution in [0.25, 0.3) is 5.65 Å². The van der Waals surface area contributed by atoms with Gasteiger partial charge in [-0.1, -0.05) is 23.8 Å².